The molecule has 1 fully saturated rings. The van der Waals surface area contributed by atoms with E-state index in [1.165, 1.54) is 19.3 Å². The smallest absolute Gasteiger partial charge is 0.234 e. The van der Waals surface area contributed by atoms with Crippen molar-refractivity contribution in [3.05, 3.63) is 0 Å². The lowest BCUT2D eigenvalue weighted by Gasteiger charge is -2.35. The van der Waals surface area contributed by atoms with Gasteiger partial charge in [0, 0.05) is 31.7 Å². The Hall–Kier alpha value is -0.650. The maximum Gasteiger partial charge on any atom is 0.234 e. The van der Waals surface area contributed by atoms with Crippen LogP contribution in [0.2, 0.25) is 0 Å². The number of hydrogen-bond donors (Lipinski definition) is 3. The second-order valence-electron chi connectivity index (χ2n) is 5.75. The number of methoxy groups -OCH3 is 1. The third-order valence-corrected chi connectivity index (χ3v) is 3.86. The Balaban J connectivity index is 2.22. The van der Waals surface area contributed by atoms with Gasteiger partial charge in [0.05, 0.1) is 13.2 Å². The zero-order valence-corrected chi connectivity index (χ0v) is 12.2. The first kappa shape index (κ1) is 16.4. The third-order valence-electron chi connectivity index (χ3n) is 3.86. The van der Waals surface area contributed by atoms with Gasteiger partial charge >= 0.3 is 0 Å². The number of hydrogen-bond acceptors (Lipinski definition) is 4. The molecule has 1 saturated carbocycles. The minimum absolute atomic E-state index is 0.0172. The average Bonchev–Trinajstić information content (AvgIpc) is 2.40. The molecule has 3 N–H and O–H groups in total. The molecule has 0 bridgehead atoms. The van der Waals surface area contributed by atoms with Gasteiger partial charge in [-0.2, -0.15) is 0 Å². The highest BCUT2D eigenvalue weighted by Crippen LogP contribution is 2.35. The zero-order chi connectivity index (χ0) is 14.1. The molecule has 1 atom stereocenters. The summed E-state index contributed by atoms with van der Waals surface area (Å²) in [7, 11) is 1.62. The van der Waals surface area contributed by atoms with E-state index in [4.69, 9.17) is 4.74 Å². The van der Waals surface area contributed by atoms with Gasteiger partial charge in [0.1, 0.15) is 0 Å². The number of amides is 1. The largest absolute Gasteiger partial charge is 0.396 e. The fraction of sp³-hybridized carbons (Fsp3) is 0.929. The first-order valence-corrected chi connectivity index (χ1v) is 7.22. The number of carbonyl (C=O) groups is 1. The number of ether oxygens (including phenoxy) is 1. The van der Waals surface area contributed by atoms with Crippen molar-refractivity contribution in [3.8, 4) is 0 Å². The molecule has 1 unspecified atom stereocenters. The lowest BCUT2D eigenvalue weighted by molar-refractivity contribution is -0.121. The molecule has 0 aromatic carbocycles. The molecule has 0 heterocycles. The van der Waals surface area contributed by atoms with E-state index in [2.05, 4.69) is 10.6 Å². The fourth-order valence-corrected chi connectivity index (χ4v) is 2.75. The van der Waals surface area contributed by atoms with Crippen LogP contribution in [0.15, 0.2) is 0 Å². The highest BCUT2D eigenvalue weighted by molar-refractivity contribution is 5.78. The molecule has 0 aliphatic heterocycles. The van der Waals surface area contributed by atoms with Crippen LogP contribution in [0.1, 0.15) is 39.0 Å². The SMILES string of the molecule is COCC(C)NC(=O)CNCC1(CO)CCCCC1. The van der Waals surface area contributed by atoms with Crippen molar-refractivity contribution in [2.24, 2.45) is 5.41 Å². The lowest BCUT2D eigenvalue weighted by Crippen LogP contribution is -2.45. The number of nitrogens with one attached hydrogen (secondary N) is 2. The molecule has 0 aromatic rings. The molecule has 0 spiro atoms. The number of aliphatic hydroxyl groups is 1. The monoisotopic (exact) mass is 272 g/mol. The normalized spacial score (nSPS) is 19.9. The maximum absolute atomic E-state index is 11.7. The first-order chi connectivity index (χ1) is 9.12. The van der Waals surface area contributed by atoms with Crippen LogP contribution in [0, 0.1) is 5.41 Å². The maximum atomic E-state index is 11.7. The van der Waals surface area contributed by atoms with Gasteiger partial charge in [0.25, 0.3) is 0 Å². The van der Waals surface area contributed by atoms with E-state index >= 15 is 0 Å². The molecule has 19 heavy (non-hydrogen) atoms. The van der Waals surface area contributed by atoms with Gasteiger partial charge in [0.15, 0.2) is 0 Å². The molecular weight excluding hydrogens is 244 g/mol. The quantitative estimate of drug-likeness (QED) is 0.607. The summed E-state index contributed by atoms with van der Waals surface area (Å²) in [6.45, 7) is 3.66. The van der Waals surface area contributed by atoms with Gasteiger partial charge in [-0.15, -0.1) is 0 Å². The van der Waals surface area contributed by atoms with Crippen molar-refractivity contribution in [2.45, 2.75) is 45.1 Å². The molecule has 5 nitrogen and oxygen atoms in total. The summed E-state index contributed by atoms with van der Waals surface area (Å²) in [6.07, 6.45) is 5.73. The van der Waals surface area contributed by atoms with Crippen LogP contribution in [0.4, 0.5) is 0 Å². The zero-order valence-electron chi connectivity index (χ0n) is 12.2. The lowest BCUT2D eigenvalue weighted by atomic mass is 9.74. The first-order valence-electron chi connectivity index (χ1n) is 7.22. The summed E-state index contributed by atoms with van der Waals surface area (Å²) in [6, 6.07) is 0.0285. The molecular formula is C14H28N2O3. The van der Waals surface area contributed by atoms with Crippen molar-refractivity contribution in [2.75, 3.05) is 33.4 Å². The Labute approximate surface area is 116 Å². The van der Waals surface area contributed by atoms with E-state index in [9.17, 15) is 9.90 Å². The van der Waals surface area contributed by atoms with Gasteiger partial charge < -0.3 is 20.5 Å². The summed E-state index contributed by atoms with van der Waals surface area (Å²) in [4.78, 5) is 11.7. The molecule has 0 saturated heterocycles. The molecule has 1 amide bonds. The minimum Gasteiger partial charge on any atom is -0.396 e. The highest BCUT2D eigenvalue weighted by Gasteiger charge is 2.30. The van der Waals surface area contributed by atoms with Crippen LogP contribution in [-0.2, 0) is 9.53 Å². The van der Waals surface area contributed by atoms with Gasteiger partial charge in [-0.3, -0.25) is 4.79 Å². The van der Waals surface area contributed by atoms with E-state index in [1.54, 1.807) is 7.11 Å². The van der Waals surface area contributed by atoms with E-state index in [-0.39, 0.29) is 24.0 Å². The molecule has 112 valence electrons. The van der Waals surface area contributed by atoms with Gasteiger partial charge in [-0.25, -0.2) is 0 Å². The van der Waals surface area contributed by atoms with Crippen molar-refractivity contribution < 1.29 is 14.6 Å². The Morgan fingerprint density at radius 2 is 2.05 bits per heavy atom. The standard InChI is InChI=1S/C14H28N2O3/c1-12(9-19-2)16-13(18)8-15-10-14(11-17)6-4-3-5-7-14/h12,15,17H,3-11H2,1-2H3,(H,16,18). The molecule has 5 heteroatoms. The van der Waals surface area contributed by atoms with Crippen molar-refractivity contribution in [1.29, 1.82) is 0 Å². The number of carbonyl (C=O) groups excluding carboxylic acids is 1. The summed E-state index contributed by atoms with van der Waals surface area (Å²) >= 11 is 0. The highest BCUT2D eigenvalue weighted by atomic mass is 16.5. The van der Waals surface area contributed by atoms with E-state index < -0.39 is 0 Å². The van der Waals surface area contributed by atoms with Crippen molar-refractivity contribution in [3.63, 3.8) is 0 Å². The molecule has 0 aromatic heterocycles. The molecule has 0 radical (unpaired) electrons. The van der Waals surface area contributed by atoms with Gasteiger partial charge in [-0.05, 0) is 19.8 Å². The Kier molecular flexibility index (Phi) is 7.34. The van der Waals surface area contributed by atoms with Crippen LogP contribution >= 0.6 is 0 Å². The Bertz CT molecular complexity index is 265. The van der Waals surface area contributed by atoms with Crippen molar-refractivity contribution >= 4 is 5.91 Å². The van der Waals surface area contributed by atoms with E-state index in [0.29, 0.717) is 13.2 Å². The average molecular weight is 272 g/mol. The second-order valence-corrected chi connectivity index (χ2v) is 5.75. The van der Waals surface area contributed by atoms with E-state index in [0.717, 1.165) is 19.4 Å². The van der Waals surface area contributed by atoms with Crippen LogP contribution in [0.25, 0.3) is 0 Å². The van der Waals surface area contributed by atoms with Crippen LogP contribution in [-0.4, -0.2) is 50.5 Å². The predicted octanol–water partition coefficient (Wildman–Crippen LogP) is 0.670. The number of aliphatic hydroxyl groups excluding tert-OH is 1. The second kappa shape index (κ2) is 8.51. The Morgan fingerprint density at radius 1 is 1.37 bits per heavy atom. The van der Waals surface area contributed by atoms with Crippen LogP contribution in [0.5, 0.6) is 0 Å². The topological polar surface area (TPSA) is 70.6 Å². The minimum atomic E-state index is -0.0200. The Morgan fingerprint density at radius 3 is 2.63 bits per heavy atom. The van der Waals surface area contributed by atoms with Crippen LogP contribution < -0.4 is 10.6 Å². The van der Waals surface area contributed by atoms with Crippen molar-refractivity contribution in [1.82, 2.24) is 10.6 Å². The predicted molar refractivity (Wildman–Crippen MR) is 75.0 cm³/mol. The van der Waals surface area contributed by atoms with Gasteiger partial charge in [0.2, 0.25) is 5.91 Å². The molecule has 1 aliphatic rings. The molecule has 1 rings (SSSR count). The van der Waals surface area contributed by atoms with Gasteiger partial charge in [-0.1, -0.05) is 19.3 Å². The summed E-state index contributed by atoms with van der Waals surface area (Å²) in [5.74, 6) is -0.0200. The number of rotatable bonds is 8. The summed E-state index contributed by atoms with van der Waals surface area (Å²) in [5, 5.41) is 15.6. The summed E-state index contributed by atoms with van der Waals surface area (Å²) < 4.78 is 4.97. The summed E-state index contributed by atoms with van der Waals surface area (Å²) in [5.41, 5.74) is -0.0172. The third kappa shape index (κ3) is 5.89. The fourth-order valence-electron chi connectivity index (χ4n) is 2.75. The van der Waals surface area contributed by atoms with Crippen LogP contribution in [0.3, 0.4) is 0 Å². The van der Waals surface area contributed by atoms with E-state index in [1.807, 2.05) is 6.92 Å². The molecule has 1 aliphatic carbocycles.